The maximum atomic E-state index is 14.8. The summed E-state index contributed by atoms with van der Waals surface area (Å²) < 4.78 is 0. The summed E-state index contributed by atoms with van der Waals surface area (Å²) in [7, 11) is 0. The van der Waals surface area contributed by atoms with Gasteiger partial charge in [0, 0.05) is 11.4 Å². The minimum Gasteiger partial charge on any atom is -0.288 e. The molecule has 0 spiro atoms. The number of nitro benzene ring substituents is 2. The van der Waals surface area contributed by atoms with E-state index in [4.69, 9.17) is 0 Å². The molecule has 7 nitrogen and oxygen atoms in total. The molecule has 8 heteroatoms. The monoisotopic (exact) mass is 546 g/mol. The third-order valence-electron chi connectivity index (χ3n) is 6.66. The van der Waals surface area contributed by atoms with Crippen molar-refractivity contribution in [3.63, 3.8) is 0 Å². The van der Waals surface area contributed by atoms with Crippen molar-refractivity contribution in [2.24, 2.45) is 0 Å². The van der Waals surface area contributed by atoms with Crippen LogP contribution in [-0.4, -0.2) is 20.9 Å². The second-order valence-electron chi connectivity index (χ2n) is 8.94. The third-order valence-corrected chi connectivity index (χ3v) is 11.0. The lowest BCUT2D eigenvalue weighted by atomic mass is 10.0. The SMILES string of the molecule is O=C(C(c1ccccc1)=P(c1ccccc1)(c1ccccc1)c1ccccc1)c1ccc([N+](=O)[O-])cc1[N+](=O)[O-]. The fourth-order valence-electron chi connectivity index (χ4n) is 4.97. The molecule has 0 N–H and O–H groups in total. The smallest absolute Gasteiger partial charge is 0.287 e. The predicted molar refractivity (Wildman–Crippen MR) is 160 cm³/mol. The van der Waals surface area contributed by atoms with E-state index in [1.165, 1.54) is 6.07 Å². The second-order valence-corrected chi connectivity index (χ2v) is 12.3. The Morgan fingerprint density at radius 3 is 1.38 bits per heavy atom. The lowest BCUT2D eigenvalue weighted by Crippen LogP contribution is -2.34. The van der Waals surface area contributed by atoms with Crippen LogP contribution in [0.2, 0.25) is 0 Å². The number of non-ortho nitro benzene ring substituents is 1. The molecule has 0 aliphatic rings. The van der Waals surface area contributed by atoms with Gasteiger partial charge in [0.05, 0.1) is 15.9 Å². The molecule has 5 aromatic carbocycles. The van der Waals surface area contributed by atoms with Crippen LogP contribution in [0.5, 0.6) is 0 Å². The Balaban J connectivity index is 2.04. The van der Waals surface area contributed by atoms with Crippen LogP contribution in [0.25, 0.3) is 0 Å². The molecule has 0 bridgehead atoms. The Labute approximate surface area is 230 Å². The first-order valence-corrected chi connectivity index (χ1v) is 14.2. The van der Waals surface area contributed by atoms with E-state index in [2.05, 4.69) is 0 Å². The molecule has 0 amide bonds. The number of Topliss-reactive ketones (excluding diaryl/α,β-unsaturated/α-hetero) is 1. The Hall–Kier alpha value is -5.13. The van der Waals surface area contributed by atoms with Crippen molar-refractivity contribution in [3.05, 3.63) is 171 Å². The summed E-state index contributed by atoms with van der Waals surface area (Å²) in [4.78, 5) is 37.0. The number of nitrogens with zero attached hydrogens (tertiary/aromatic N) is 2. The molecule has 0 saturated heterocycles. The minimum atomic E-state index is -2.98. The zero-order chi connectivity index (χ0) is 28.1. The van der Waals surface area contributed by atoms with Crippen molar-refractivity contribution in [1.29, 1.82) is 0 Å². The van der Waals surface area contributed by atoms with Gasteiger partial charge in [0.15, 0.2) is 0 Å². The number of nitro groups is 2. The van der Waals surface area contributed by atoms with Gasteiger partial charge in [0.2, 0.25) is 5.78 Å². The van der Waals surface area contributed by atoms with Gasteiger partial charge in [-0.1, -0.05) is 121 Å². The van der Waals surface area contributed by atoms with Gasteiger partial charge in [-0.2, -0.15) is 0 Å². The zero-order valence-corrected chi connectivity index (χ0v) is 22.1. The van der Waals surface area contributed by atoms with Crippen molar-refractivity contribution in [2.45, 2.75) is 0 Å². The van der Waals surface area contributed by atoms with Crippen LogP contribution < -0.4 is 15.9 Å². The lowest BCUT2D eigenvalue weighted by Gasteiger charge is -2.32. The molecule has 0 aliphatic carbocycles. The number of hydrogen-bond acceptors (Lipinski definition) is 5. The molecule has 5 rings (SSSR count). The average Bonchev–Trinajstić information content (AvgIpc) is 3.01. The highest BCUT2D eigenvalue weighted by molar-refractivity contribution is 7.97. The summed E-state index contributed by atoms with van der Waals surface area (Å²) in [5.74, 6) is -0.558. The van der Waals surface area contributed by atoms with E-state index in [0.717, 1.165) is 28.0 Å². The van der Waals surface area contributed by atoms with Gasteiger partial charge in [-0.15, -0.1) is 0 Å². The van der Waals surface area contributed by atoms with Crippen molar-refractivity contribution in [2.75, 3.05) is 0 Å². The quantitative estimate of drug-likeness (QED) is 0.104. The number of carbonyl (C=O) groups excluding carboxylic acids is 1. The number of carbonyl (C=O) groups is 1. The number of ketones is 1. The predicted octanol–water partition coefficient (Wildman–Crippen LogP) is 5.90. The first kappa shape index (κ1) is 26.5. The van der Waals surface area contributed by atoms with Gasteiger partial charge in [0.1, 0.15) is 5.56 Å². The van der Waals surface area contributed by atoms with E-state index in [1.807, 2.05) is 121 Å². The van der Waals surface area contributed by atoms with E-state index in [9.17, 15) is 25.0 Å². The third kappa shape index (κ3) is 4.75. The maximum absolute atomic E-state index is 14.8. The Morgan fingerprint density at radius 2 is 0.975 bits per heavy atom. The first-order valence-electron chi connectivity index (χ1n) is 12.4. The second kappa shape index (κ2) is 11.3. The van der Waals surface area contributed by atoms with Crippen LogP contribution in [0, 0.1) is 20.2 Å². The molecule has 0 saturated carbocycles. The highest BCUT2D eigenvalue weighted by atomic mass is 31.2. The van der Waals surface area contributed by atoms with Gasteiger partial charge in [0.25, 0.3) is 11.4 Å². The standard InChI is InChI=1S/C32H23N2O5P/c35-31(29-22-21-25(33(36)37)23-30(29)34(38)39)32(24-13-5-1-6-14-24)40(26-15-7-2-8-16-26,27-17-9-3-10-18-27)28-19-11-4-12-20-28/h1-23H. The molecular weight excluding hydrogens is 523 g/mol. The highest BCUT2D eigenvalue weighted by Crippen LogP contribution is 2.48. The first-order chi connectivity index (χ1) is 19.4. The van der Waals surface area contributed by atoms with Crippen LogP contribution >= 0.6 is 6.89 Å². The summed E-state index contributed by atoms with van der Waals surface area (Å²) in [5.41, 5.74) is -0.661. The summed E-state index contributed by atoms with van der Waals surface area (Å²) in [5, 5.41) is 26.7. The Bertz CT molecular complexity index is 1650. The molecule has 0 heterocycles. The van der Waals surface area contributed by atoms with E-state index < -0.39 is 33.9 Å². The molecule has 196 valence electrons. The van der Waals surface area contributed by atoms with Crippen molar-refractivity contribution in [3.8, 4) is 0 Å². The van der Waals surface area contributed by atoms with Gasteiger partial charge in [-0.25, -0.2) is 0 Å². The Morgan fingerprint density at radius 1 is 0.550 bits per heavy atom. The van der Waals surface area contributed by atoms with E-state index in [-0.39, 0.29) is 5.56 Å². The molecule has 0 aromatic heterocycles. The normalized spacial score (nSPS) is 11.0. The molecule has 40 heavy (non-hydrogen) atoms. The van der Waals surface area contributed by atoms with E-state index in [0.29, 0.717) is 10.9 Å². The largest absolute Gasteiger partial charge is 0.288 e. The van der Waals surface area contributed by atoms with Crippen LogP contribution in [0.1, 0.15) is 15.9 Å². The van der Waals surface area contributed by atoms with Crippen LogP contribution in [0.3, 0.4) is 0 Å². The molecular formula is C32H23N2O5P. The number of rotatable bonds is 8. The molecule has 0 unspecified atom stereocenters. The summed E-state index contributed by atoms with van der Waals surface area (Å²) in [6.07, 6.45) is 0. The van der Waals surface area contributed by atoms with Crippen molar-refractivity contribution in [1.82, 2.24) is 0 Å². The molecule has 0 fully saturated rings. The van der Waals surface area contributed by atoms with Crippen molar-refractivity contribution >= 4 is 45.3 Å². The number of benzene rings is 5. The van der Waals surface area contributed by atoms with E-state index >= 15 is 0 Å². The van der Waals surface area contributed by atoms with E-state index in [1.54, 1.807) is 0 Å². The molecule has 0 radical (unpaired) electrons. The van der Waals surface area contributed by atoms with Gasteiger partial charge in [-0.3, -0.25) is 25.0 Å². The minimum absolute atomic E-state index is 0.207. The summed E-state index contributed by atoms with van der Waals surface area (Å²) >= 11 is 0. The van der Waals surface area contributed by atoms with Gasteiger partial charge in [-0.05, 0) is 34.4 Å². The fourth-order valence-corrected chi connectivity index (χ4v) is 9.46. The van der Waals surface area contributed by atoms with Crippen LogP contribution in [-0.2, 0) is 0 Å². The van der Waals surface area contributed by atoms with Crippen LogP contribution in [0.15, 0.2) is 140 Å². The molecule has 5 aromatic rings. The average molecular weight is 547 g/mol. The highest BCUT2D eigenvalue weighted by Gasteiger charge is 2.36. The zero-order valence-electron chi connectivity index (χ0n) is 21.2. The number of hydrogen-bond donors (Lipinski definition) is 0. The van der Waals surface area contributed by atoms with Gasteiger partial charge >= 0.3 is 0 Å². The Kier molecular flexibility index (Phi) is 7.49. The van der Waals surface area contributed by atoms with Crippen LogP contribution in [0.4, 0.5) is 11.4 Å². The topological polar surface area (TPSA) is 103 Å². The lowest BCUT2D eigenvalue weighted by molar-refractivity contribution is -0.394. The maximum Gasteiger partial charge on any atom is 0.287 e. The fraction of sp³-hybridized carbons (Fsp3) is 0. The summed E-state index contributed by atoms with van der Waals surface area (Å²) in [6.45, 7) is -2.98. The summed E-state index contributed by atoms with van der Waals surface area (Å²) in [6, 6.07) is 41.4. The molecule has 0 aliphatic heterocycles. The molecule has 0 atom stereocenters. The van der Waals surface area contributed by atoms with Crippen molar-refractivity contribution < 1.29 is 14.6 Å². The van der Waals surface area contributed by atoms with Gasteiger partial charge < -0.3 is 0 Å².